The highest BCUT2D eigenvalue weighted by molar-refractivity contribution is 6.15. The Kier molecular flexibility index (Phi) is 22.8. The van der Waals surface area contributed by atoms with Crippen LogP contribution in [0.25, 0.3) is 216 Å². The molecule has 0 amide bonds. The molecule has 20 heteroatoms. The molecule has 4 aromatic heterocycles. The van der Waals surface area contributed by atoms with E-state index < -0.39 is 23.5 Å². The van der Waals surface area contributed by atoms with E-state index in [2.05, 4.69) is 47.9 Å². The summed E-state index contributed by atoms with van der Waals surface area (Å²) in [7, 11) is 0. The third-order valence-corrected chi connectivity index (χ3v) is 24.2. The quantitative estimate of drug-likeness (QED) is 0.0715. The minimum atomic E-state index is -4.66. The zero-order valence-electron chi connectivity index (χ0n) is 73.3. The second-order valence-electron chi connectivity index (χ2n) is 33.2. The molecule has 0 spiro atoms. The van der Waals surface area contributed by atoms with Gasteiger partial charge in [-0.2, -0.15) is 42.1 Å². The lowest BCUT2D eigenvalue weighted by atomic mass is 9.91. The van der Waals surface area contributed by atoms with Crippen LogP contribution in [0.1, 0.15) is 38.9 Å². The summed E-state index contributed by atoms with van der Waals surface area (Å²) in [6.07, 6.45) is -9.27. The molecular formula is C118H68F6N14. The van der Waals surface area contributed by atoms with Crippen molar-refractivity contribution in [2.75, 3.05) is 0 Å². The van der Waals surface area contributed by atoms with Crippen LogP contribution in [0.4, 0.5) is 43.4 Å². The molecule has 21 rings (SSSR count). The van der Waals surface area contributed by atoms with E-state index in [9.17, 15) is 42.1 Å². The molecule has 0 fully saturated rings. The van der Waals surface area contributed by atoms with E-state index in [0.29, 0.717) is 136 Å². The fraction of sp³-hybridized carbons (Fsp3) is 0.0339. The average molecular weight is 1800 g/mol. The second-order valence-corrected chi connectivity index (χ2v) is 33.2. The highest BCUT2D eigenvalue weighted by Gasteiger charge is 2.34. The molecule has 0 aliphatic carbocycles. The van der Waals surface area contributed by atoms with Crippen molar-refractivity contribution in [2.24, 2.45) is 0 Å². The van der Waals surface area contributed by atoms with Gasteiger partial charge in [0.1, 0.15) is 0 Å². The van der Waals surface area contributed by atoms with Gasteiger partial charge >= 0.3 is 12.4 Å². The zero-order chi connectivity index (χ0) is 95.0. The van der Waals surface area contributed by atoms with Gasteiger partial charge in [0.2, 0.25) is 0 Å². The van der Waals surface area contributed by atoms with Gasteiger partial charge in [-0.25, -0.2) is 44.4 Å². The monoisotopic (exact) mass is 1790 g/mol. The van der Waals surface area contributed by atoms with Crippen molar-refractivity contribution >= 4 is 60.7 Å². The van der Waals surface area contributed by atoms with Crippen LogP contribution in [0.3, 0.4) is 0 Å². The van der Waals surface area contributed by atoms with Gasteiger partial charge in [0.05, 0.1) is 82.5 Å². The van der Waals surface area contributed by atoms with E-state index >= 15 is 0 Å². The summed E-state index contributed by atoms with van der Waals surface area (Å²) in [4.78, 5) is 41.0. The summed E-state index contributed by atoms with van der Waals surface area (Å²) in [6, 6.07) is 120. The number of hydrogen-bond acceptors (Lipinski definition) is 9. The average Bonchev–Trinajstić information content (AvgIpc) is 1.55. The number of aromatic nitrogens is 8. The predicted octanol–water partition coefficient (Wildman–Crippen LogP) is 31.5. The molecule has 0 N–H and O–H groups in total. The van der Waals surface area contributed by atoms with Crippen LogP contribution in [0.5, 0.6) is 0 Å². The molecule has 14 nitrogen and oxygen atoms in total. The Labute approximate surface area is 788 Å². The van der Waals surface area contributed by atoms with Crippen molar-refractivity contribution in [3.63, 3.8) is 0 Å². The SMILES string of the molecule is [C-]#[N+]c1cc(C#N)cc(-c2ccc3c(c2)c2cc(-c4cc(C#N)cc([N+]#[C-])c4)ccc2n3-c2c(-c3cccc(C)c3)cc(-c3nc(-c4ccccc4)nc(-c4ccccc4)n3)cc2-c2cccc(C(F)(F)F)c2)c1.[C-]#[N+]c1cc(C#N)cc(-c2ccc3c(c2)c2ccccc2n3-c2c(-c3cccc(C)c3)cc(-c3nc(-c4ccccc4)nc(-c4ccccc4)n3)cc2-c2cccc(C(F)(F)F)c2)c1. The van der Waals surface area contributed by atoms with Crippen LogP contribution in [-0.2, 0) is 12.4 Å². The summed E-state index contributed by atoms with van der Waals surface area (Å²) >= 11 is 0. The minimum Gasteiger partial charge on any atom is -0.308 e. The van der Waals surface area contributed by atoms with Gasteiger partial charge in [-0.15, -0.1) is 0 Å². The number of fused-ring (bicyclic) bond motifs is 6. The van der Waals surface area contributed by atoms with E-state index in [1.54, 1.807) is 54.6 Å². The highest BCUT2D eigenvalue weighted by Crippen LogP contribution is 2.50. The van der Waals surface area contributed by atoms with Crippen molar-refractivity contribution in [1.82, 2.24) is 39.0 Å². The van der Waals surface area contributed by atoms with Crippen LogP contribution >= 0.6 is 0 Å². The molecule has 0 aliphatic heterocycles. The lowest BCUT2D eigenvalue weighted by molar-refractivity contribution is -0.138. The normalized spacial score (nSPS) is 11.3. The largest absolute Gasteiger partial charge is 0.416 e. The van der Waals surface area contributed by atoms with Gasteiger partial charge in [-0.05, 0) is 215 Å². The topological polar surface area (TPSA) is 172 Å². The summed E-state index contributed by atoms with van der Waals surface area (Å²) in [6.45, 7) is 27.2. The van der Waals surface area contributed by atoms with Crippen LogP contribution in [-0.4, -0.2) is 39.0 Å². The van der Waals surface area contributed by atoms with Gasteiger partial charge in [-0.3, -0.25) is 0 Å². The number of aryl methyl sites for hydroxylation is 2. The fourth-order valence-electron chi connectivity index (χ4n) is 17.9. The van der Waals surface area contributed by atoms with Gasteiger partial charge in [-0.1, -0.05) is 242 Å². The van der Waals surface area contributed by atoms with Gasteiger partial charge < -0.3 is 9.13 Å². The number of rotatable bonds is 15. The van der Waals surface area contributed by atoms with Crippen molar-refractivity contribution in [3.8, 4) is 176 Å². The second kappa shape index (κ2) is 36.2. The Bertz CT molecular complexity index is 8440. The maximum atomic E-state index is 14.9. The third kappa shape index (κ3) is 17.1. The molecule has 4 heterocycles. The van der Waals surface area contributed by atoms with E-state index in [1.165, 1.54) is 36.4 Å². The van der Waals surface area contributed by atoms with Crippen molar-refractivity contribution in [1.29, 1.82) is 15.8 Å². The first-order chi connectivity index (χ1) is 67.1. The lowest BCUT2D eigenvalue weighted by Crippen LogP contribution is -2.06. The van der Waals surface area contributed by atoms with Gasteiger partial charge in [0.25, 0.3) is 0 Å². The van der Waals surface area contributed by atoms with Crippen LogP contribution in [0.15, 0.2) is 376 Å². The van der Waals surface area contributed by atoms with E-state index in [0.717, 1.165) is 117 Å². The molecular weight excluding hydrogens is 1730 g/mol. The van der Waals surface area contributed by atoms with Crippen LogP contribution < -0.4 is 0 Å². The lowest BCUT2D eigenvalue weighted by Gasteiger charge is -2.22. The molecule has 0 aliphatic rings. The molecule has 0 saturated heterocycles. The summed E-state index contributed by atoms with van der Waals surface area (Å²) in [5.41, 5.74) is 19.7. The number of nitrogens with zero attached hydrogens (tertiary/aromatic N) is 14. The molecule has 0 radical (unpaired) electrons. The maximum absolute atomic E-state index is 14.9. The van der Waals surface area contributed by atoms with Gasteiger partial charge in [0.15, 0.2) is 52.0 Å². The number of halogens is 6. The number of alkyl halides is 6. The molecule has 17 aromatic carbocycles. The molecule has 652 valence electrons. The van der Waals surface area contributed by atoms with Crippen LogP contribution in [0, 0.1) is 67.6 Å². The van der Waals surface area contributed by atoms with Crippen molar-refractivity contribution < 1.29 is 26.3 Å². The van der Waals surface area contributed by atoms with Crippen LogP contribution in [0.2, 0.25) is 0 Å². The first-order valence-electron chi connectivity index (χ1n) is 43.6. The molecule has 0 unspecified atom stereocenters. The predicted molar refractivity (Wildman–Crippen MR) is 531 cm³/mol. The Morgan fingerprint density at radius 3 is 0.804 bits per heavy atom. The Hall–Kier alpha value is -19.1. The highest BCUT2D eigenvalue weighted by atomic mass is 19.4. The van der Waals surface area contributed by atoms with E-state index in [4.69, 9.17) is 49.6 Å². The van der Waals surface area contributed by atoms with E-state index in [-0.39, 0.29) is 5.56 Å². The maximum Gasteiger partial charge on any atom is 0.416 e. The summed E-state index contributed by atoms with van der Waals surface area (Å²) < 4.78 is 92.7. The molecule has 0 atom stereocenters. The number of benzene rings is 17. The fourth-order valence-corrected chi connectivity index (χ4v) is 17.9. The van der Waals surface area contributed by atoms with Crippen molar-refractivity contribution in [3.05, 3.63) is 449 Å². The molecule has 21 aromatic rings. The Balaban J connectivity index is 0.000000172. The Morgan fingerprint density at radius 1 is 0.239 bits per heavy atom. The number of hydrogen-bond donors (Lipinski definition) is 0. The standard InChI is InChI=1S/C63H35F3N8.C55H33F3N6/c1-38-12-10-17-45(24-38)53-34-49(62-72-60(41-13-6-4-7-14-41)71-61(73-62)42-15-8-5-9-16-42)35-54(46-18-11-19-50(29-46)63(64,65)66)59(53)74-57-22-20-43(47-25-39(36-67)27-51(30-47)69-2)32-55(57)56-33-44(21-23-58(56)74)48-26-40(37-68)28-52(31-48)70-3;1-34-13-11-18-39(25-34)46-31-42(54-62-52(36-14-5-3-6-15-36)61-53(63-54)37-16-7-4-8-17-37)32-47(40-19-12-20-43(28-40)55(56,57)58)51(46)64-49-22-10-9-21-45(49)48-30-38(23-24-50(48)64)41-26-35(33-59)27-44(29-41)60-2/h4-35H,1H3;3-32H,1H3. The first kappa shape index (κ1) is 86.9. The van der Waals surface area contributed by atoms with Crippen molar-refractivity contribution in [2.45, 2.75) is 26.2 Å². The van der Waals surface area contributed by atoms with E-state index in [1.807, 2.05) is 281 Å². The zero-order valence-corrected chi connectivity index (χ0v) is 73.3. The Morgan fingerprint density at radius 2 is 0.507 bits per heavy atom. The number of nitriles is 3. The minimum absolute atomic E-state index is 0.287. The molecule has 138 heavy (non-hydrogen) atoms. The number of para-hydroxylation sites is 1. The molecule has 0 saturated carbocycles. The summed E-state index contributed by atoms with van der Waals surface area (Å²) in [5.74, 6) is 2.39. The smallest absolute Gasteiger partial charge is 0.308 e. The summed E-state index contributed by atoms with van der Waals surface area (Å²) in [5, 5.41) is 33.0. The molecule has 0 bridgehead atoms. The third-order valence-electron chi connectivity index (χ3n) is 24.2. The van der Waals surface area contributed by atoms with Gasteiger partial charge in [0, 0.05) is 93.9 Å². The first-order valence-corrected chi connectivity index (χ1v) is 43.6.